The maximum Gasteiger partial charge on any atom is 0.246 e. The molecule has 2 aromatic carbocycles. The van der Waals surface area contributed by atoms with Crippen molar-refractivity contribution in [1.82, 2.24) is 10.2 Å². The molecule has 6 atom stereocenters. The number of rotatable bonds is 7. The predicted octanol–water partition coefficient (Wildman–Crippen LogP) is 3.57. The molecule has 1 aliphatic carbocycles. The Morgan fingerprint density at radius 2 is 1.67 bits per heavy atom. The van der Waals surface area contributed by atoms with Crippen molar-refractivity contribution >= 4 is 23.4 Å². The molecule has 8 nitrogen and oxygen atoms in total. The Kier molecular flexibility index (Phi) is 6.71. The summed E-state index contributed by atoms with van der Waals surface area (Å²) in [6, 6.07) is 16.9. The molecule has 6 rings (SSSR count). The van der Waals surface area contributed by atoms with E-state index in [-0.39, 0.29) is 30.4 Å². The van der Waals surface area contributed by atoms with Gasteiger partial charge in [0.2, 0.25) is 17.7 Å². The molecule has 3 aliphatic heterocycles. The molecule has 3 N–H and O–H groups in total. The quantitative estimate of drug-likeness (QED) is 0.506. The van der Waals surface area contributed by atoms with Crippen LogP contribution in [0.25, 0.3) is 0 Å². The zero-order valence-corrected chi connectivity index (χ0v) is 22.3. The Morgan fingerprint density at radius 3 is 2.33 bits per heavy atom. The summed E-state index contributed by atoms with van der Waals surface area (Å²) in [4.78, 5) is 43.9. The molecule has 4 aliphatic rings. The van der Waals surface area contributed by atoms with E-state index in [0.717, 1.165) is 37.7 Å². The van der Waals surface area contributed by atoms with Crippen molar-refractivity contribution < 1.29 is 24.2 Å². The number of ether oxygens (including phenoxy) is 1. The van der Waals surface area contributed by atoms with Crippen molar-refractivity contribution in [2.75, 3.05) is 11.9 Å². The van der Waals surface area contributed by atoms with Gasteiger partial charge in [0.25, 0.3) is 0 Å². The number of nitrogens with zero attached hydrogens (tertiary/aromatic N) is 1. The van der Waals surface area contributed by atoms with Crippen LogP contribution in [0, 0.1) is 11.8 Å². The minimum Gasteiger partial charge on any atom is -0.394 e. The van der Waals surface area contributed by atoms with E-state index < -0.39 is 35.1 Å². The Labute approximate surface area is 229 Å². The van der Waals surface area contributed by atoms with Crippen molar-refractivity contribution in [3.8, 4) is 0 Å². The van der Waals surface area contributed by atoms with Crippen LogP contribution in [0.2, 0.25) is 0 Å². The number of carbonyl (C=O) groups excluding carboxylic acids is 3. The van der Waals surface area contributed by atoms with Crippen molar-refractivity contribution in [1.29, 1.82) is 0 Å². The number of hydrogen-bond donors (Lipinski definition) is 3. The lowest BCUT2D eigenvalue weighted by atomic mass is 9.66. The van der Waals surface area contributed by atoms with Crippen LogP contribution in [0.1, 0.15) is 63.5 Å². The molecule has 4 fully saturated rings. The summed E-state index contributed by atoms with van der Waals surface area (Å²) in [5, 5.41) is 16.8. The van der Waals surface area contributed by atoms with Crippen LogP contribution in [-0.4, -0.2) is 57.6 Å². The fraction of sp³-hybridized carbons (Fsp3) is 0.516. The molecule has 0 aromatic heterocycles. The molecule has 0 radical (unpaired) electrons. The van der Waals surface area contributed by atoms with Gasteiger partial charge in [0.05, 0.1) is 30.1 Å². The number of nitrogens with one attached hydrogen (secondary N) is 2. The second-order valence-electron chi connectivity index (χ2n) is 11.8. The molecule has 8 heteroatoms. The van der Waals surface area contributed by atoms with Gasteiger partial charge in [0, 0.05) is 11.7 Å². The van der Waals surface area contributed by atoms with Crippen molar-refractivity contribution in [2.24, 2.45) is 11.8 Å². The van der Waals surface area contributed by atoms with Gasteiger partial charge in [-0.3, -0.25) is 14.4 Å². The highest BCUT2D eigenvalue weighted by atomic mass is 16.5. The fourth-order valence-electron chi connectivity index (χ4n) is 7.70. The number of fused-ring (bicyclic) bond motifs is 1. The van der Waals surface area contributed by atoms with E-state index in [1.165, 1.54) is 4.90 Å². The average molecular weight is 532 g/mol. The van der Waals surface area contributed by atoms with Crippen molar-refractivity contribution in [3.05, 3.63) is 66.2 Å². The second-order valence-corrected chi connectivity index (χ2v) is 11.8. The molecule has 206 valence electrons. The fourth-order valence-corrected chi connectivity index (χ4v) is 7.70. The number of likely N-dealkylation sites (tertiary alicyclic amines) is 1. The Balaban J connectivity index is 1.40. The lowest BCUT2D eigenvalue weighted by Crippen LogP contribution is -2.57. The highest BCUT2D eigenvalue weighted by Gasteiger charge is 2.78. The number of para-hydroxylation sites is 1. The van der Waals surface area contributed by atoms with Gasteiger partial charge >= 0.3 is 0 Å². The topological polar surface area (TPSA) is 108 Å². The Bertz CT molecular complexity index is 1230. The third-order valence-electron chi connectivity index (χ3n) is 9.43. The zero-order chi connectivity index (χ0) is 27.2. The molecule has 39 heavy (non-hydrogen) atoms. The van der Waals surface area contributed by atoms with Gasteiger partial charge in [0.15, 0.2) is 0 Å². The number of hydrogen-bond acceptors (Lipinski definition) is 5. The number of benzene rings is 2. The lowest BCUT2D eigenvalue weighted by molar-refractivity contribution is -0.149. The Hall–Kier alpha value is -3.23. The van der Waals surface area contributed by atoms with Crippen molar-refractivity contribution in [2.45, 2.75) is 81.2 Å². The summed E-state index contributed by atoms with van der Waals surface area (Å²) in [6.45, 7) is 1.55. The van der Waals surface area contributed by atoms with E-state index in [4.69, 9.17) is 4.74 Å². The molecule has 3 amide bonds. The molecular weight excluding hydrogens is 494 g/mol. The van der Waals surface area contributed by atoms with E-state index >= 15 is 0 Å². The zero-order valence-electron chi connectivity index (χ0n) is 22.3. The summed E-state index contributed by atoms with van der Waals surface area (Å²) in [7, 11) is 0. The third-order valence-corrected chi connectivity index (χ3v) is 9.43. The largest absolute Gasteiger partial charge is 0.394 e. The first-order valence-corrected chi connectivity index (χ1v) is 14.2. The van der Waals surface area contributed by atoms with E-state index in [9.17, 15) is 19.5 Å². The SMILES string of the molecule is C[C@]12CCC3(O1)C(C(=O)NC1CCCCC1)N([C@H](CO)c1ccccc1)C(=O)[C@@H]3[C@H]2C(=O)Nc1ccccc1. The molecule has 2 bridgehead atoms. The standard InChI is InChI=1S/C31H37N3O5/c1-30-17-18-31(39-30)25(24(30)27(36)32-21-13-7-3-8-14-21)29(38)34(23(19-35)20-11-5-2-6-12-20)26(31)28(37)33-22-15-9-4-10-16-22/h2-3,5-8,11-14,22-26,35H,4,9-10,15-19H2,1H3,(H,32,36)(H,33,37)/t23-,24+,25+,26?,30-,31?/m1/s1. The van der Waals surface area contributed by atoms with E-state index in [0.29, 0.717) is 18.5 Å². The third kappa shape index (κ3) is 4.25. The molecule has 2 aromatic rings. The highest BCUT2D eigenvalue weighted by Crippen LogP contribution is 2.64. The number of aliphatic hydroxyl groups is 1. The summed E-state index contributed by atoms with van der Waals surface area (Å²) < 4.78 is 6.73. The molecule has 1 saturated carbocycles. The van der Waals surface area contributed by atoms with Gasteiger partial charge in [-0.15, -0.1) is 0 Å². The normalized spacial score (nSPS) is 32.6. The van der Waals surface area contributed by atoms with E-state index in [1.54, 1.807) is 0 Å². The second kappa shape index (κ2) is 10.1. The monoisotopic (exact) mass is 531 g/mol. The van der Waals surface area contributed by atoms with E-state index in [2.05, 4.69) is 10.6 Å². The van der Waals surface area contributed by atoms with Crippen LogP contribution in [0.3, 0.4) is 0 Å². The van der Waals surface area contributed by atoms with Gasteiger partial charge in [0.1, 0.15) is 11.6 Å². The molecule has 3 saturated heterocycles. The smallest absolute Gasteiger partial charge is 0.246 e. The first-order chi connectivity index (χ1) is 18.9. The number of carbonyl (C=O) groups is 3. The number of anilines is 1. The molecule has 3 heterocycles. The predicted molar refractivity (Wildman–Crippen MR) is 145 cm³/mol. The van der Waals surface area contributed by atoms with Crippen LogP contribution in [-0.2, 0) is 19.1 Å². The molecule has 2 unspecified atom stereocenters. The van der Waals surface area contributed by atoms with Crippen LogP contribution >= 0.6 is 0 Å². The molecule has 1 spiro atoms. The van der Waals surface area contributed by atoms with E-state index in [1.807, 2.05) is 67.6 Å². The van der Waals surface area contributed by atoms with Crippen LogP contribution in [0.15, 0.2) is 60.7 Å². The number of aliphatic hydroxyl groups excluding tert-OH is 1. The van der Waals surface area contributed by atoms with Gasteiger partial charge in [-0.2, -0.15) is 0 Å². The highest BCUT2D eigenvalue weighted by molar-refractivity contribution is 6.02. The summed E-state index contributed by atoms with van der Waals surface area (Å²) in [5.41, 5.74) is -0.609. The first kappa shape index (κ1) is 26.0. The maximum absolute atomic E-state index is 14.4. The summed E-state index contributed by atoms with van der Waals surface area (Å²) >= 11 is 0. The van der Waals surface area contributed by atoms with Crippen LogP contribution < -0.4 is 10.6 Å². The summed E-state index contributed by atoms with van der Waals surface area (Å²) in [5.74, 6) is -2.42. The molecular formula is C31H37N3O5. The first-order valence-electron chi connectivity index (χ1n) is 14.2. The van der Waals surface area contributed by atoms with Crippen LogP contribution in [0.4, 0.5) is 5.69 Å². The summed E-state index contributed by atoms with van der Waals surface area (Å²) in [6.07, 6.45) is 6.17. The average Bonchev–Trinajstić information content (AvgIpc) is 3.52. The minimum absolute atomic E-state index is 0.0503. The minimum atomic E-state index is -1.13. The van der Waals surface area contributed by atoms with Crippen molar-refractivity contribution in [3.63, 3.8) is 0 Å². The van der Waals surface area contributed by atoms with Gasteiger partial charge in [-0.1, -0.05) is 67.8 Å². The lowest BCUT2D eigenvalue weighted by Gasteiger charge is -2.38. The van der Waals surface area contributed by atoms with Gasteiger partial charge in [-0.05, 0) is 50.3 Å². The Morgan fingerprint density at radius 1 is 1.00 bits per heavy atom. The maximum atomic E-state index is 14.4. The van der Waals surface area contributed by atoms with Gasteiger partial charge in [-0.25, -0.2) is 0 Å². The van der Waals surface area contributed by atoms with Gasteiger partial charge < -0.3 is 25.4 Å². The number of amides is 3. The van der Waals surface area contributed by atoms with Crippen LogP contribution in [0.5, 0.6) is 0 Å².